The molecule has 3 aromatic rings. The first-order valence-corrected chi connectivity index (χ1v) is 8.23. The second kappa shape index (κ2) is 7.74. The minimum Gasteiger partial charge on any atom is -0.494 e. The van der Waals surface area contributed by atoms with Crippen molar-refractivity contribution < 1.29 is 9.53 Å². The number of hydrogen-bond acceptors (Lipinski definition) is 5. The molecule has 2 heterocycles. The normalized spacial score (nSPS) is 11.7. The molecule has 3 rings (SSSR count). The van der Waals surface area contributed by atoms with Crippen LogP contribution in [0.5, 0.6) is 5.75 Å². The Morgan fingerprint density at radius 3 is 2.46 bits per heavy atom. The van der Waals surface area contributed by atoms with E-state index in [4.69, 9.17) is 4.74 Å². The number of ether oxygens (including phenoxy) is 1. The summed E-state index contributed by atoms with van der Waals surface area (Å²) < 4.78 is 5.35. The summed E-state index contributed by atoms with van der Waals surface area (Å²) in [4.78, 5) is 26.6. The second-order valence-corrected chi connectivity index (χ2v) is 5.88. The lowest BCUT2D eigenvalue weighted by atomic mass is 10.0. The van der Waals surface area contributed by atoms with E-state index in [9.17, 15) is 4.79 Å². The van der Waals surface area contributed by atoms with E-state index in [-0.39, 0.29) is 11.9 Å². The highest BCUT2D eigenvalue weighted by Crippen LogP contribution is 2.29. The average Bonchev–Trinajstić information content (AvgIpc) is 2.73. The predicted molar refractivity (Wildman–Crippen MR) is 98.8 cm³/mol. The molecule has 26 heavy (non-hydrogen) atoms. The maximum atomic E-state index is 12.8. The molecule has 1 aromatic carbocycles. The number of nitrogens with zero attached hydrogens (tertiary/aromatic N) is 4. The van der Waals surface area contributed by atoms with Gasteiger partial charge in [-0.15, -0.1) is 0 Å². The van der Waals surface area contributed by atoms with Gasteiger partial charge < -0.3 is 9.64 Å². The van der Waals surface area contributed by atoms with E-state index < -0.39 is 0 Å². The van der Waals surface area contributed by atoms with Gasteiger partial charge in [0.25, 0.3) is 5.91 Å². The molecular weight excluding hydrogens is 328 g/mol. The van der Waals surface area contributed by atoms with Crippen molar-refractivity contribution in [1.29, 1.82) is 0 Å². The van der Waals surface area contributed by atoms with Gasteiger partial charge in [-0.3, -0.25) is 9.78 Å². The molecule has 0 aliphatic carbocycles. The van der Waals surface area contributed by atoms with Gasteiger partial charge in [-0.2, -0.15) is 0 Å². The summed E-state index contributed by atoms with van der Waals surface area (Å²) in [5.41, 5.74) is 3.32. The lowest BCUT2D eigenvalue weighted by molar-refractivity contribution is 0.0739. The van der Waals surface area contributed by atoms with Gasteiger partial charge >= 0.3 is 0 Å². The molecule has 0 N–H and O–H groups in total. The molecule has 2 aromatic heterocycles. The lowest BCUT2D eigenvalue weighted by Crippen LogP contribution is -2.30. The van der Waals surface area contributed by atoms with E-state index in [1.807, 2.05) is 43.3 Å². The Bertz CT molecular complexity index is 882. The molecule has 1 unspecified atom stereocenters. The molecule has 1 amide bonds. The van der Waals surface area contributed by atoms with Crippen LogP contribution in [-0.4, -0.2) is 39.9 Å². The minimum absolute atomic E-state index is 0.0654. The molecule has 0 bridgehead atoms. The molecule has 0 saturated carbocycles. The number of amides is 1. The molecule has 6 heteroatoms. The molecule has 0 spiro atoms. The van der Waals surface area contributed by atoms with Gasteiger partial charge in [-0.25, -0.2) is 9.97 Å². The molecule has 0 aliphatic rings. The number of hydrogen-bond donors (Lipinski definition) is 0. The lowest BCUT2D eigenvalue weighted by Gasteiger charge is -2.24. The summed E-state index contributed by atoms with van der Waals surface area (Å²) in [5, 5.41) is 0. The first kappa shape index (κ1) is 17.5. The molecule has 0 fully saturated rings. The third-order valence-corrected chi connectivity index (χ3v) is 4.38. The van der Waals surface area contributed by atoms with Crippen LogP contribution in [-0.2, 0) is 0 Å². The fourth-order valence-electron chi connectivity index (χ4n) is 2.70. The van der Waals surface area contributed by atoms with Gasteiger partial charge in [0, 0.05) is 30.6 Å². The summed E-state index contributed by atoms with van der Waals surface area (Å²) in [5.74, 6) is 0.630. The van der Waals surface area contributed by atoms with Crippen molar-refractivity contribution in [3.05, 3.63) is 72.6 Å². The van der Waals surface area contributed by atoms with Gasteiger partial charge in [-0.05, 0) is 36.8 Å². The highest BCUT2D eigenvalue weighted by atomic mass is 16.5. The zero-order chi connectivity index (χ0) is 18.5. The molecule has 1 atom stereocenters. The van der Waals surface area contributed by atoms with Gasteiger partial charge in [0.2, 0.25) is 0 Å². The van der Waals surface area contributed by atoms with Crippen LogP contribution in [0.4, 0.5) is 0 Å². The number of pyridine rings is 1. The standard InChI is InChI=1S/C20H20N4O2/c1-14(18-9-11-22-13-23-18)24(2)20(25)16-6-4-15(5-7-16)17-8-10-21-12-19(17)26-3/h4-14H,1-3H3. The van der Waals surface area contributed by atoms with Crippen molar-refractivity contribution in [2.75, 3.05) is 14.2 Å². The third-order valence-electron chi connectivity index (χ3n) is 4.38. The first-order chi connectivity index (χ1) is 12.6. The molecular formula is C20H20N4O2. The average molecular weight is 348 g/mol. The van der Waals surface area contributed by atoms with E-state index in [0.29, 0.717) is 11.3 Å². The van der Waals surface area contributed by atoms with E-state index in [2.05, 4.69) is 15.0 Å². The molecule has 6 nitrogen and oxygen atoms in total. The molecule has 0 aliphatic heterocycles. The van der Waals surface area contributed by atoms with Crippen molar-refractivity contribution in [3.63, 3.8) is 0 Å². The van der Waals surface area contributed by atoms with Gasteiger partial charge in [0.15, 0.2) is 0 Å². The summed E-state index contributed by atoms with van der Waals surface area (Å²) >= 11 is 0. The van der Waals surface area contributed by atoms with Gasteiger partial charge in [0.05, 0.1) is 25.0 Å². The van der Waals surface area contributed by atoms with E-state index in [1.54, 1.807) is 37.6 Å². The Morgan fingerprint density at radius 1 is 1.08 bits per heavy atom. The van der Waals surface area contributed by atoms with E-state index in [1.165, 1.54) is 6.33 Å². The maximum Gasteiger partial charge on any atom is 0.254 e. The number of carbonyl (C=O) groups is 1. The Balaban J connectivity index is 1.81. The largest absolute Gasteiger partial charge is 0.494 e. The zero-order valence-corrected chi connectivity index (χ0v) is 15.0. The van der Waals surface area contributed by atoms with Crippen LogP contribution in [0.1, 0.15) is 29.0 Å². The van der Waals surface area contributed by atoms with Crippen LogP contribution >= 0.6 is 0 Å². The fraction of sp³-hybridized carbons (Fsp3) is 0.200. The first-order valence-electron chi connectivity index (χ1n) is 8.23. The Morgan fingerprint density at radius 2 is 1.81 bits per heavy atom. The number of rotatable bonds is 5. The molecule has 0 saturated heterocycles. The van der Waals surface area contributed by atoms with Gasteiger partial charge in [-0.1, -0.05) is 12.1 Å². The van der Waals surface area contributed by atoms with Crippen molar-refractivity contribution >= 4 is 5.91 Å². The van der Waals surface area contributed by atoms with Crippen molar-refractivity contribution in [2.45, 2.75) is 13.0 Å². The topological polar surface area (TPSA) is 68.2 Å². The summed E-state index contributed by atoms with van der Waals surface area (Å²) in [6, 6.07) is 11.0. The monoisotopic (exact) mass is 348 g/mol. The maximum absolute atomic E-state index is 12.8. The van der Waals surface area contributed by atoms with Crippen LogP contribution in [0.3, 0.4) is 0 Å². The Labute approximate surface area is 152 Å². The highest BCUT2D eigenvalue weighted by Gasteiger charge is 2.20. The second-order valence-electron chi connectivity index (χ2n) is 5.88. The van der Waals surface area contributed by atoms with Crippen molar-refractivity contribution in [1.82, 2.24) is 19.9 Å². The minimum atomic E-state index is -0.148. The van der Waals surface area contributed by atoms with Crippen LogP contribution in [0.15, 0.2) is 61.3 Å². The number of methoxy groups -OCH3 is 1. The zero-order valence-electron chi connectivity index (χ0n) is 15.0. The summed E-state index contributed by atoms with van der Waals surface area (Å²) in [7, 11) is 3.39. The van der Waals surface area contributed by atoms with Gasteiger partial charge in [0.1, 0.15) is 12.1 Å². The van der Waals surface area contributed by atoms with Crippen LogP contribution in [0.2, 0.25) is 0 Å². The van der Waals surface area contributed by atoms with Crippen molar-refractivity contribution in [2.24, 2.45) is 0 Å². The smallest absolute Gasteiger partial charge is 0.254 e. The number of benzene rings is 1. The van der Waals surface area contributed by atoms with Crippen LogP contribution in [0, 0.1) is 0 Å². The molecule has 0 radical (unpaired) electrons. The van der Waals surface area contributed by atoms with E-state index in [0.717, 1.165) is 16.8 Å². The predicted octanol–water partition coefficient (Wildman–Crippen LogP) is 3.38. The van der Waals surface area contributed by atoms with E-state index >= 15 is 0 Å². The summed E-state index contributed by atoms with van der Waals surface area (Å²) in [6.45, 7) is 1.94. The van der Waals surface area contributed by atoms with Crippen LogP contribution in [0.25, 0.3) is 11.1 Å². The Hall–Kier alpha value is -3.28. The highest BCUT2D eigenvalue weighted by molar-refractivity contribution is 5.94. The number of aromatic nitrogens is 3. The third kappa shape index (κ3) is 3.54. The number of carbonyl (C=O) groups excluding carboxylic acids is 1. The SMILES string of the molecule is COc1cnccc1-c1ccc(C(=O)N(C)C(C)c2ccncn2)cc1. The Kier molecular flexibility index (Phi) is 5.22. The fourth-order valence-corrected chi connectivity index (χ4v) is 2.70. The quantitative estimate of drug-likeness (QED) is 0.707. The summed E-state index contributed by atoms with van der Waals surface area (Å²) in [6.07, 6.45) is 6.55. The molecule has 132 valence electrons. The van der Waals surface area contributed by atoms with Crippen LogP contribution < -0.4 is 4.74 Å². The van der Waals surface area contributed by atoms with Crippen molar-refractivity contribution in [3.8, 4) is 16.9 Å².